The Labute approximate surface area is 128 Å². The minimum absolute atomic E-state index is 0.215. The second-order valence-electron chi connectivity index (χ2n) is 6.05. The van der Waals surface area contributed by atoms with Gasteiger partial charge in [0.15, 0.2) is 0 Å². The van der Waals surface area contributed by atoms with Crippen LogP contribution in [0.2, 0.25) is 0 Å². The van der Waals surface area contributed by atoms with E-state index in [-0.39, 0.29) is 12.2 Å². The molecule has 0 aromatic heterocycles. The van der Waals surface area contributed by atoms with Gasteiger partial charge in [-0.15, -0.1) is 0 Å². The van der Waals surface area contributed by atoms with Gasteiger partial charge in [-0.3, -0.25) is 4.90 Å². The highest BCUT2D eigenvalue weighted by atomic mass is 16.5. The van der Waals surface area contributed by atoms with E-state index in [1.54, 1.807) is 0 Å². The van der Waals surface area contributed by atoms with Crippen LogP contribution in [-0.2, 0) is 4.74 Å². The first-order chi connectivity index (χ1) is 10.1. The third-order valence-electron chi connectivity index (χ3n) is 3.89. The van der Waals surface area contributed by atoms with Gasteiger partial charge in [-0.05, 0) is 45.5 Å². The molecule has 1 heterocycles. The molecule has 1 aromatic rings. The molecule has 2 atom stereocenters. The Bertz CT molecular complexity index is 413. The number of nitrogens with zero attached hydrogens (tertiary/aromatic N) is 1. The Morgan fingerprint density at radius 3 is 2.57 bits per heavy atom. The zero-order valence-corrected chi connectivity index (χ0v) is 13.6. The van der Waals surface area contributed by atoms with Gasteiger partial charge in [0.25, 0.3) is 0 Å². The summed E-state index contributed by atoms with van der Waals surface area (Å²) in [6.07, 6.45) is 0.502. The molecule has 118 valence electrons. The first kappa shape index (κ1) is 16.3. The summed E-state index contributed by atoms with van der Waals surface area (Å²) >= 11 is 0. The van der Waals surface area contributed by atoms with Crippen LogP contribution in [0.25, 0.3) is 0 Å². The van der Waals surface area contributed by atoms with E-state index >= 15 is 0 Å². The lowest BCUT2D eigenvalue weighted by molar-refractivity contribution is 0.00393. The minimum atomic E-state index is 0.215. The summed E-state index contributed by atoms with van der Waals surface area (Å²) in [6, 6.07) is 8.78. The SMILES string of the molecule is CC(C)Oc1ccc(C(C)N(C)CC2CNCCO2)cc1. The van der Waals surface area contributed by atoms with Gasteiger partial charge < -0.3 is 14.8 Å². The quantitative estimate of drug-likeness (QED) is 0.873. The molecule has 1 aliphatic rings. The molecule has 0 saturated carbocycles. The lowest BCUT2D eigenvalue weighted by Gasteiger charge is -2.31. The number of hydrogen-bond donors (Lipinski definition) is 1. The standard InChI is InChI=1S/C17H28N2O2/c1-13(2)21-16-7-5-15(6-8-16)14(3)19(4)12-17-11-18-9-10-20-17/h5-8,13-14,17-18H,9-12H2,1-4H3. The van der Waals surface area contributed by atoms with Gasteiger partial charge in [0.05, 0.1) is 18.8 Å². The summed E-state index contributed by atoms with van der Waals surface area (Å²) < 4.78 is 11.5. The Balaban J connectivity index is 1.90. The van der Waals surface area contributed by atoms with Crippen molar-refractivity contribution in [3.05, 3.63) is 29.8 Å². The second-order valence-corrected chi connectivity index (χ2v) is 6.05. The van der Waals surface area contributed by atoms with Gasteiger partial charge >= 0.3 is 0 Å². The first-order valence-corrected chi connectivity index (χ1v) is 7.85. The number of ether oxygens (including phenoxy) is 2. The predicted octanol–water partition coefficient (Wildman–Crippen LogP) is 2.46. The average molecular weight is 292 g/mol. The molecule has 0 spiro atoms. The van der Waals surface area contributed by atoms with Gasteiger partial charge in [-0.2, -0.15) is 0 Å². The van der Waals surface area contributed by atoms with Crippen molar-refractivity contribution in [2.75, 3.05) is 33.3 Å². The molecule has 4 nitrogen and oxygen atoms in total. The van der Waals surface area contributed by atoms with Crippen LogP contribution >= 0.6 is 0 Å². The maximum absolute atomic E-state index is 5.77. The van der Waals surface area contributed by atoms with Crippen molar-refractivity contribution in [1.82, 2.24) is 10.2 Å². The minimum Gasteiger partial charge on any atom is -0.491 e. The van der Waals surface area contributed by atoms with E-state index in [0.717, 1.165) is 32.0 Å². The van der Waals surface area contributed by atoms with Crippen molar-refractivity contribution < 1.29 is 9.47 Å². The lowest BCUT2D eigenvalue weighted by atomic mass is 10.1. The molecule has 0 amide bonds. The highest BCUT2D eigenvalue weighted by molar-refractivity contribution is 5.29. The Hall–Kier alpha value is -1.10. The molecule has 21 heavy (non-hydrogen) atoms. The number of likely N-dealkylation sites (N-methyl/N-ethyl adjacent to an activating group) is 1. The summed E-state index contributed by atoms with van der Waals surface area (Å²) in [5.41, 5.74) is 1.30. The van der Waals surface area contributed by atoms with E-state index in [2.05, 4.69) is 48.5 Å². The van der Waals surface area contributed by atoms with Crippen LogP contribution in [0, 0.1) is 0 Å². The molecule has 1 saturated heterocycles. The van der Waals surface area contributed by atoms with Crippen LogP contribution < -0.4 is 10.1 Å². The molecule has 1 aliphatic heterocycles. The molecular formula is C17H28N2O2. The summed E-state index contributed by atoms with van der Waals surface area (Å²) in [6.45, 7) is 9.98. The maximum Gasteiger partial charge on any atom is 0.119 e. The highest BCUT2D eigenvalue weighted by Gasteiger charge is 2.19. The average Bonchev–Trinajstić information content (AvgIpc) is 2.47. The van der Waals surface area contributed by atoms with Crippen molar-refractivity contribution in [3.63, 3.8) is 0 Å². The lowest BCUT2D eigenvalue weighted by Crippen LogP contribution is -2.44. The van der Waals surface area contributed by atoms with E-state index in [9.17, 15) is 0 Å². The zero-order valence-electron chi connectivity index (χ0n) is 13.6. The molecule has 1 N–H and O–H groups in total. The molecule has 2 rings (SSSR count). The number of rotatable bonds is 6. The Kier molecular flexibility index (Phi) is 6.03. The van der Waals surface area contributed by atoms with Gasteiger partial charge in [0.1, 0.15) is 5.75 Å². The fraction of sp³-hybridized carbons (Fsp3) is 0.647. The van der Waals surface area contributed by atoms with Crippen molar-refractivity contribution in [1.29, 1.82) is 0 Å². The normalized spacial score (nSPS) is 20.8. The Morgan fingerprint density at radius 1 is 1.29 bits per heavy atom. The van der Waals surface area contributed by atoms with E-state index in [4.69, 9.17) is 9.47 Å². The molecular weight excluding hydrogens is 264 g/mol. The number of hydrogen-bond acceptors (Lipinski definition) is 4. The van der Waals surface area contributed by atoms with Crippen molar-refractivity contribution in [3.8, 4) is 5.75 Å². The van der Waals surface area contributed by atoms with E-state index in [1.807, 2.05) is 13.8 Å². The summed E-state index contributed by atoms with van der Waals surface area (Å²) in [4.78, 5) is 2.34. The van der Waals surface area contributed by atoms with Crippen molar-refractivity contribution in [2.24, 2.45) is 0 Å². The predicted molar refractivity (Wildman–Crippen MR) is 85.9 cm³/mol. The van der Waals surface area contributed by atoms with Crippen molar-refractivity contribution >= 4 is 0 Å². The first-order valence-electron chi connectivity index (χ1n) is 7.85. The van der Waals surface area contributed by atoms with Gasteiger partial charge in [-0.1, -0.05) is 12.1 Å². The summed E-state index contributed by atoms with van der Waals surface area (Å²) in [5.74, 6) is 0.934. The monoisotopic (exact) mass is 292 g/mol. The largest absolute Gasteiger partial charge is 0.491 e. The second kappa shape index (κ2) is 7.78. The van der Waals surface area contributed by atoms with E-state index < -0.39 is 0 Å². The third kappa shape index (κ3) is 4.99. The Morgan fingerprint density at radius 2 is 2.00 bits per heavy atom. The van der Waals surface area contributed by atoms with Crippen molar-refractivity contribution in [2.45, 2.75) is 39.0 Å². The molecule has 2 unspecified atom stereocenters. The van der Waals surface area contributed by atoms with Crippen LogP contribution in [-0.4, -0.2) is 50.4 Å². The van der Waals surface area contributed by atoms with Crippen LogP contribution in [0.1, 0.15) is 32.4 Å². The van der Waals surface area contributed by atoms with Gasteiger partial charge in [-0.25, -0.2) is 0 Å². The van der Waals surface area contributed by atoms with Crippen LogP contribution in [0.3, 0.4) is 0 Å². The molecule has 0 radical (unpaired) electrons. The summed E-state index contributed by atoms with van der Waals surface area (Å²) in [5, 5.41) is 3.38. The van der Waals surface area contributed by atoms with E-state index in [0.29, 0.717) is 6.04 Å². The molecule has 1 aromatic carbocycles. The summed E-state index contributed by atoms with van der Waals surface area (Å²) in [7, 11) is 2.15. The molecule has 1 fully saturated rings. The fourth-order valence-electron chi connectivity index (χ4n) is 2.57. The number of nitrogens with one attached hydrogen (secondary N) is 1. The van der Waals surface area contributed by atoms with Crippen LogP contribution in [0.15, 0.2) is 24.3 Å². The molecule has 4 heteroatoms. The van der Waals surface area contributed by atoms with Gasteiger partial charge in [0, 0.05) is 25.7 Å². The number of benzene rings is 1. The molecule has 0 bridgehead atoms. The maximum atomic E-state index is 5.77. The third-order valence-corrected chi connectivity index (χ3v) is 3.89. The smallest absolute Gasteiger partial charge is 0.119 e. The van der Waals surface area contributed by atoms with Crippen LogP contribution in [0.5, 0.6) is 5.75 Å². The fourth-order valence-corrected chi connectivity index (χ4v) is 2.57. The number of morpholine rings is 1. The topological polar surface area (TPSA) is 33.7 Å². The van der Waals surface area contributed by atoms with E-state index in [1.165, 1.54) is 5.56 Å². The highest BCUT2D eigenvalue weighted by Crippen LogP contribution is 2.22. The zero-order chi connectivity index (χ0) is 15.2. The molecule has 0 aliphatic carbocycles. The van der Waals surface area contributed by atoms with Gasteiger partial charge in [0.2, 0.25) is 0 Å². The van der Waals surface area contributed by atoms with Crippen LogP contribution in [0.4, 0.5) is 0 Å².